The van der Waals surface area contributed by atoms with Gasteiger partial charge in [0, 0.05) is 45.7 Å². The molecule has 10 nitrogen and oxygen atoms in total. The van der Waals surface area contributed by atoms with Crippen molar-refractivity contribution in [2.45, 2.75) is 36.7 Å². The molecular weight excluding hydrogens is 612 g/mol. The molecule has 2 amide bonds. The largest absolute Gasteiger partial charge is 0.497 e. The SMILES string of the molecule is COc1ccc2c(c1)C(c1ccc(Cl)cc1)=N[C@@H](CC(=O)NC1CCN(C(=O)c3cccc([SH](C)(C)=O)c3)C1)c1nnc(C)n1-2. The number of likely N-dealkylation sites (tertiary alicyclic amines) is 1. The molecule has 1 saturated heterocycles. The van der Waals surface area contributed by atoms with E-state index in [2.05, 4.69) is 15.5 Å². The molecule has 0 aliphatic carbocycles. The summed E-state index contributed by atoms with van der Waals surface area (Å²) in [7, 11) is -0.887. The van der Waals surface area contributed by atoms with Gasteiger partial charge in [-0.05, 0) is 74.4 Å². The van der Waals surface area contributed by atoms with E-state index in [9.17, 15) is 13.8 Å². The van der Waals surface area contributed by atoms with Crippen LogP contribution in [0.25, 0.3) is 5.69 Å². The smallest absolute Gasteiger partial charge is 0.253 e. The number of methoxy groups -OCH3 is 1. The quantitative estimate of drug-likeness (QED) is 0.291. The van der Waals surface area contributed by atoms with Crippen LogP contribution in [-0.4, -0.2) is 80.2 Å². The van der Waals surface area contributed by atoms with Gasteiger partial charge in [0.15, 0.2) is 5.82 Å². The van der Waals surface area contributed by atoms with Gasteiger partial charge in [-0.1, -0.05) is 39.7 Å². The maximum atomic E-state index is 13.5. The van der Waals surface area contributed by atoms with Crippen LogP contribution in [0.1, 0.15) is 52.0 Å². The van der Waals surface area contributed by atoms with Crippen LogP contribution in [0.3, 0.4) is 0 Å². The predicted octanol–water partition coefficient (Wildman–Crippen LogP) is 4.19. The normalized spacial score (nSPS) is 18.0. The minimum atomic E-state index is -2.50. The number of fused-ring (bicyclic) bond motifs is 3. The number of carbonyl (C=O) groups excluding carboxylic acids is 2. The molecule has 4 aromatic rings. The lowest BCUT2D eigenvalue weighted by Gasteiger charge is -2.19. The summed E-state index contributed by atoms with van der Waals surface area (Å²) in [5, 5.41) is 12.5. The van der Waals surface area contributed by atoms with Crippen LogP contribution in [0.15, 0.2) is 76.6 Å². The Kier molecular flexibility index (Phi) is 8.32. The number of aromatic nitrogens is 3. The van der Waals surface area contributed by atoms with Gasteiger partial charge in [0.2, 0.25) is 5.91 Å². The molecule has 0 bridgehead atoms. The highest BCUT2D eigenvalue weighted by Crippen LogP contribution is 2.34. The number of halogens is 1. The topological polar surface area (TPSA) is 119 Å². The van der Waals surface area contributed by atoms with E-state index in [1.54, 1.807) is 48.8 Å². The van der Waals surface area contributed by atoms with E-state index in [4.69, 9.17) is 21.3 Å². The first kappa shape index (κ1) is 30.7. The number of benzene rings is 3. The Bertz CT molecular complexity index is 1870. The number of hydrogen-bond donors (Lipinski definition) is 2. The molecule has 45 heavy (non-hydrogen) atoms. The van der Waals surface area contributed by atoms with E-state index >= 15 is 0 Å². The molecule has 0 spiro atoms. The Morgan fingerprint density at radius 1 is 1.07 bits per heavy atom. The molecule has 3 heterocycles. The van der Waals surface area contributed by atoms with Gasteiger partial charge in [-0.15, -0.1) is 10.2 Å². The zero-order valence-corrected chi connectivity index (χ0v) is 27.2. The van der Waals surface area contributed by atoms with Crippen LogP contribution >= 0.6 is 11.6 Å². The fourth-order valence-corrected chi connectivity index (χ4v) is 6.88. The van der Waals surface area contributed by atoms with Crippen LogP contribution in [0.2, 0.25) is 5.02 Å². The third kappa shape index (κ3) is 6.27. The Morgan fingerprint density at radius 2 is 1.84 bits per heavy atom. The number of nitrogens with one attached hydrogen (secondary N) is 1. The maximum absolute atomic E-state index is 13.5. The van der Waals surface area contributed by atoms with Crippen LogP contribution in [0.4, 0.5) is 0 Å². The molecule has 2 aliphatic rings. The van der Waals surface area contributed by atoms with Crippen molar-refractivity contribution in [1.29, 1.82) is 0 Å². The number of hydrogen-bond acceptors (Lipinski definition) is 7. The van der Waals surface area contributed by atoms with Crippen molar-refractivity contribution in [2.24, 2.45) is 4.99 Å². The summed E-state index contributed by atoms with van der Waals surface area (Å²) in [5.74, 6) is 1.56. The van der Waals surface area contributed by atoms with E-state index in [0.29, 0.717) is 58.1 Å². The van der Waals surface area contributed by atoms with Crippen molar-refractivity contribution >= 4 is 39.1 Å². The van der Waals surface area contributed by atoms with Crippen LogP contribution in [0.5, 0.6) is 5.75 Å². The number of ether oxygens (including phenoxy) is 1. The van der Waals surface area contributed by atoms with Gasteiger partial charge in [-0.3, -0.25) is 23.4 Å². The fourth-order valence-electron chi connectivity index (χ4n) is 5.86. The van der Waals surface area contributed by atoms with Crippen molar-refractivity contribution in [2.75, 3.05) is 32.7 Å². The molecule has 12 heteroatoms. The average molecular weight is 647 g/mol. The van der Waals surface area contributed by atoms with Gasteiger partial charge in [0.1, 0.15) is 17.6 Å². The van der Waals surface area contributed by atoms with Crippen molar-refractivity contribution in [3.63, 3.8) is 0 Å². The van der Waals surface area contributed by atoms with Crippen LogP contribution in [-0.2, 0) is 14.7 Å². The van der Waals surface area contributed by atoms with Crippen molar-refractivity contribution in [3.05, 3.63) is 100 Å². The summed E-state index contributed by atoms with van der Waals surface area (Å²) in [6.45, 7) is 2.76. The molecule has 1 aromatic heterocycles. The molecular formula is C33H35ClN6O4S. The van der Waals surface area contributed by atoms with E-state index in [-0.39, 0.29) is 24.3 Å². The number of carbonyl (C=O) groups is 2. The first-order valence-electron chi connectivity index (χ1n) is 14.7. The van der Waals surface area contributed by atoms with Gasteiger partial charge in [-0.25, -0.2) is 0 Å². The maximum Gasteiger partial charge on any atom is 0.253 e. The van der Waals surface area contributed by atoms with Gasteiger partial charge >= 0.3 is 0 Å². The molecule has 0 radical (unpaired) electrons. The molecule has 1 fully saturated rings. The third-order valence-corrected chi connectivity index (χ3v) is 9.96. The average Bonchev–Trinajstić information content (AvgIpc) is 3.62. The predicted molar refractivity (Wildman–Crippen MR) is 176 cm³/mol. The molecule has 2 aliphatic heterocycles. The highest BCUT2D eigenvalue weighted by molar-refractivity contribution is 8.01. The van der Waals surface area contributed by atoms with Crippen LogP contribution in [0, 0.1) is 6.92 Å². The molecule has 2 atom stereocenters. The van der Waals surface area contributed by atoms with Crippen molar-refractivity contribution in [3.8, 4) is 11.4 Å². The Morgan fingerprint density at radius 3 is 2.58 bits per heavy atom. The second-order valence-electron chi connectivity index (χ2n) is 11.7. The zero-order valence-electron chi connectivity index (χ0n) is 25.5. The van der Waals surface area contributed by atoms with Gasteiger partial charge in [0.05, 0.1) is 24.9 Å². The Balaban J connectivity index is 1.24. The first-order chi connectivity index (χ1) is 21.5. The molecule has 234 valence electrons. The van der Waals surface area contributed by atoms with Gasteiger partial charge < -0.3 is 15.0 Å². The molecule has 0 saturated carbocycles. The molecule has 1 N–H and O–H groups in total. The lowest BCUT2D eigenvalue weighted by Crippen LogP contribution is -2.39. The molecule has 6 rings (SSSR count). The highest BCUT2D eigenvalue weighted by atomic mass is 35.5. The van der Waals surface area contributed by atoms with E-state index in [1.807, 2.05) is 54.0 Å². The first-order valence-corrected chi connectivity index (χ1v) is 17.7. The summed E-state index contributed by atoms with van der Waals surface area (Å²) >= 11 is 6.20. The minimum absolute atomic E-state index is 0.0368. The number of thiol groups is 1. The zero-order chi connectivity index (χ0) is 31.9. The monoisotopic (exact) mass is 646 g/mol. The standard InChI is InChI=1S/C33H35ClN6O4S/c1-20-37-38-32-28(36-31(21-8-10-23(34)11-9-21)27-17-25(44-2)12-13-29(27)40(20)32)18-30(41)35-24-14-15-39(19-24)33(42)22-6-5-7-26(16-22)45(3,4)43/h5-13,16-17,24,28,45H,14-15,18-19H2,1-4H3,(H,35,41)/t24?,28-/m0/s1. The second-order valence-corrected chi connectivity index (χ2v) is 15.4. The number of nitrogens with zero attached hydrogens (tertiary/aromatic N) is 5. The highest BCUT2D eigenvalue weighted by Gasteiger charge is 2.32. The number of amides is 2. The Hall–Kier alpha value is -4.35. The number of aryl methyl sites for hydroxylation is 1. The summed E-state index contributed by atoms with van der Waals surface area (Å²) in [4.78, 5) is 34.3. The minimum Gasteiger partial charge on any atom is -0.497 e. The summed E-state index contributed by atoms with van der Waals surface area (Å²) in [5.41, 5.74) is 3.68. The van der Waals surface area contributed by atoms with E-state index < -0.39 is 16.0 Å². The van der Waals surface area contributed by atoms with Gasteiger partial charge in [-0.2, -0.15) is 0 Å². The Labute approximate surface area is 267 Å². The second kappa shape index (κ2) is 12.2. The summed E-state index contributed by atoms with van der Waals surface area (Å²) in [6.07, 6.45) is 4.04. The van der Waals surface area contributed by atoms with E-state index in [0.717, 1.165) is 16.8 Å². The third-order valence-electron chi connectivity index (χ3n) is 8.18. The summed E-state index contributed by atoms with van der Waals surface area (Å²) < 4.78 is 20.0. The molecule has 3 aromatic carbocycles. The summed E-state index contributed by atoms with van der Waals surface area (Å²) in [6, 6.07) is 19.3. The lowest BCUT2D eigenvalue weighted by molar-refractivity contribution is -0.122. The fraction of sp³-hybridized carbons (Fsp3) is 0.303. The number of aliphatic imine (C=N–C) groups is 1. The van der Waals surface area contributed by atoms with Gasteiger partial charge in [0.25, 0.3) is 5.91 Å². The molecule has 1 unspecified atom stereocenters. The number of rotatable bonds is 7. The lowest BCUT2D eigenvalue weighted by atomic mass is 10.00. The van der Waals surface area contributed by atoms with Crippen molar-refractivity contribution in [1.82, 2.24) is 25.0 Å². The van der Waals surface area contributed by atoms with Crippen molar-refractivity contribution < 1.29 is 18.5 Å². The van der Waals surface area contributed by atoms with E-state index in [1.165, 1.54) is 0 Å². The van der Waals surface area contributed by atoms with Crippen LogP contribution < -0.4 is 10.1 Å².